The minimum atomic E-state index is 0.759. The molecule has 1 aromatic heterocycles. The number of alkyl halides is 1. The van der Waals surface area contributed by atoms with Crippen molar-refractivity contribution in [3.63, 3.8) is 0 Å². The number of aromatic nitrogens is 2. The fourth-order valence-electron chi connectivity index (χ4n) is 1.14. The maximum Gasteiger partial charge on any atom is 0.0534 e. The van der Waals surface area contributed by atoms with E-state index in [1.54, 1.807) is 0 Å². The molecule has 0 unspecified atom stereocenters. The third-order valence-electron chi connectivity index (χ3n) is 1.82. The van der Waals surface area contributed by atoms with Crippen molar-refractivity contribution in [3.8, 4) is 0 Å². The zero-order valence-corrected chi connectivity index (χ0v) is 8.72. The predicted molar refractivity (Wildman–Crippen MR) is 54.9 cm³/mol. The Balaban J connectivity index is 2.06. The van der Waals surface area contributed by atoms with E-state index in [2.05, 4.69) is 10.4 Å². The number of rotatable bonds is 6. The van der Waals surface area contributed by atoms with Crippen LogP contribution in [0.2, 0.25) is 0 Å². The molecule has 0 bridgehead atoms. The second-order valence-corrected chi connectivity index (χ2v) is 3.47. The Morgan fingerprint density at radius 3 is 3.00 bits per heavy atom. The molecule has 3 nitrogen and oxygen atoms in total. The summed E-state index contributed by atoms with van der Waals surface area (Å²) in [6.45, 7) is 1.93. The Hall–Kier alpha value is -0.540. The Kier molecular flexibility index (Phi) is 4.86. The van der Waals surface area contributed by atoms with E-state index in [0.717, 1.165) is 31.8 Å². The Morgan fingerprint density at radius 1 is 1.54 bits per heavy atom. The molecule has 1 rings (SSSR count). The number of halogens is 1. The summed E-state index contributed by atoms with van der Waals surface area (Å²) in [5.74, 6) is 0.759. The van der Waals surface area contributed by atoms with Crippen molar-refractivity contribution < 1.29 is 0 Å². The molecule has 0 aliphatic heterocycles. The Morgan fingerprint density at radius 2 is 2.38 bits per heavy atom. The third-order valence-corrected chi connectivity index (χ3v) is 2.09. The van der Waals surface area contributed by atoms with Crippen LogP contribution in [0.25, 0.3) is 0 Å². The van der Waals surface area contributed by atoms with Crippen LogP contribution in [0.5, 0.6) is 0 Å². The number of hydrogen-bond donors (Lipinski definition) is 1. The lowest BCUT2D eigenvalue weighted by Crippen LogP contribution is -2.14. The summed E-state index contributed by atoms with van der Waals surface area (Å²) in [4.78, 5) is 0. The topological polar surface area (TPSA) is 29.9 Å². The van der Waals surface area contributed by atoms with Gasteiger partial charge in [0.1, 0.15) is 0 Å². The number of nitrogens with zero attached hydrogens (tertiary/aromatic N) is 2. The quantitative estimate of drug-likeness (QED) is 0.559. The monoisotopic (exact) mass is 201 g/mol. The van der Waals surface area contributed by atoms with Gasteiger partial charge in [0, 0.05) is 31.2 Å². The fraction of sp³-hybridized carbons (Fsp3) is 0.667. The summed E-state index contributed by atoms with van der Waals surface area (Å²) >= 11 is 5.56. The zero-order valence-electron chi connectivity index (χ0n) is 7.96. The van der Waals surface area contributed by atoms with Crippen molar-refractivity contribution in [2.24, 2.45) is 7.05 Å². The number of aryl methyl sites for hydroxylation is 1. The van der Waals surface area contributed by atoms with Gasteiger partial charge in [0.15, 0.2) is 0 Å². The van der Waals surface area contributed by atoms with E-state index in [0.29, 0.717) is 0 Å². The van der Waals surface area contributed by atoms with E-state index in [1.807, 2.05) is 24.1 Å². The minimum absolute atomic E-state index is 0.759. The molecule has 0 fully saturated rings. The number of unbranched alkanes of at least 4 members (excludes halogenated alkanes) is 1. The molecule has 0 saturated heterocycles. The largest absolute Gasteiger partial charge is 0.313 e. The second kappa shape index (κ2) is 6.00. The summed E-state index contributed by atoms with van der Waals surface area (Å²) in [5, 5.41) is 7.43. The molecule has 1 aromatic rings. The van der Waals surface area contributed by atoms with Gasteiger partial charge in [-0.1, -0.05) is 0 Å². The molecule has 74 valence electrons. The SMILES string of the molecule is Cn1cc(CNCCCCCl)cn1. The first-order valence-corrected chi connectivity index (χ1v) is 5.10. The van der Waals surface area contributed by atoms with Crippen LogP contribution in [-0.2, 0) is 13.6 Å². The van der Waals surface area contributed by atoms with Crippen LogP contribution in [0.3, 0.4) is 0 Å². The molecule has 1 N–H and O–H groups in total. The zero-order chi connectivity index (χ0) is 9.52. The first-order valence-electron chi connectivity index (χ1n) is 4.57. The molecule has 0 aromatic carbocycles. The molecule has 0 spiro atoms. The van der Waals surface area contributed by atoms with Crippen molar-refractivity contribution >= 4 is 11.6 Å². The van der Waals surface area contributed by atoms with Crippen LogP contribution in [0.4, 0.5) is 0 Å². The van der Waals surface area contributed by atoms with Crippen LogP contribution in [0.1, 0.15) is 18.4 Å². The molecule has 0 saturated carbocycles. The summed E-state index contributed by atoms with van der Waals surface area (Å²) in [6.07, 6.45) is 6.13. The van der Waals surface area contributed by atoms with Gasteiger partial charge in [-0.2, -0.15) is 5.10 Å². The van der Waals surface area contributed by atoms with Crippen LogP contribution in [-0.4, -0.2) is 22.2 Å². The maximum atomic E-state index is 5.56. The van der Waals surface area contributed by atoms with Gasteiger partial charge in [-0.05, 0) is 19.4 Å². The maximum absolute atomic E-state index is 5.56. The average molecular weight is 202 g/mol. The van der Waals surface area contributed by atoms with Gasteiger partial charge in [0.05, 0.1) is 6.20 Å². The highest BCUT2D eigenvalue weighted by atomic mass is 35.5. The van der Waals surface area contributed by atoms with Crippen molar-refractivity contribution in [1.82, 2.24) is 15.1 Å². The van der Waals surface area contributed by atoms with Gasteiger partial charge in [-0.3, -0.25) is 4.68 Å². The molecule has 4 heteroatoms. The van der Waals surface area contributed by atoms with E-state index < -0.39 is 0 Å². The highest BCUT2D eigenvalue weighted by Crippen LogP contribution is 1.95. The van der Waals surface area contributed by atoms with Gasteiger partial charge in [0.25, 0.3) is 0 Å². The molecule has 13 heavy (non-hydrogen) atoms. The highest BCUT2D eigenvalue weighted by molar-refractivity contribution is 6.17. The second-order valence-electron chi connectivity index (χ2n) is 3.10. The molecule has 0 aliphatic rings. The predicted octanol–water partition coefficient (Wildman–Crippen LogP) is 1.53. The summed E-state index contributed by atoms with van der Waals surface area (Å²) < 4.78 is 1.82. The lowest BCUT2D eigenvalue weighted by Gasteiger charge is -2.00. The smallest absolute Gasteiger partial charge is 0.0534 e. The van der Waals surface area contributed by atoms with Crippen molar-refractivity contribution in [3.05, 3.63) is 18.0 Å². The standard InChI is InChI=1S/C9H16ClN3/c1-13-8-9(7-12-13)6-11-5-3-2-4-10/h7-8,11H,2-6H2,1H3. The van der Waals surface area contributed by atoms with Gasteiger partial charge < -0.3 is 5.32 Å². The van der Waals surface area contributed by atoms with Crippen LogP contribution in [0.15, 0.2) is 12.4 Å². The van der Waals surface area contributed by atoms with Crippen LogP contribution >= 0.6 is 11.6 Å². The van der Waals surface area contributed by atoms with Crippen LogP contribution in [0, 0.1) is 0 Å². The van der Waals surface area contributed by atoms with Gasteiger partial charge in [0.2, 0.25) is 0 Å². The van der Waals surface area contributed by atoms with E-state index in [-0.39, 0.29) is 0 Å². The van der Waals surface area contributed by atoms with E-state index in [1.165, 1.54) is 5.56 Å². The number of nitrogens with one attached hydrogen (secondary N) is 1. The molecule has 0 amide bonds. The molecular weight excluding hydrogens is 186 g/mol. The normalized spacial score (nSPS) is 10.6. The molecule has 0 aliphatic carbocycles. The fourth-order valence-corrected chi connectivity index (χ4v) is 1.33. The van der Waals surface area contributed by atoms with Gasteiger partial charge >= 0.3 is 0 Å². The molecule has 0 radical (unpaired) electrons. The Bertz CT molecular complexity index is 235. The van der Waals surface area contributed by atoms with Crippen molar-refractivity contribution in [1.29, 1.82) is 0 Å². The van der Waals surface area contributed by atoms with E-state index >= 15 is 0 Å². The Labute approximate surface area is 84.1 Å². The molecule has 0 atom stereocenters. The van der Waals surface area contributed by atoms with E-state index in [9.17, 15) is 0 Å². The van der Waals surface area contributed by atoms with Gasteiger partial charge in [-0.15, -0.1) is 11.6 Å². The summed E-state index contributed by atoms with van der Waals surface area (Å²) in [5.41, 5.74) is 1.23. The minimum Gasteiger partial charge on any atom is -0.313 e. The van der Waals surface area contributed by atoms with E-state index in [4.69, 9.17) is 11.6 Å². The van der Waals surface area contributed by atoms with Gasteiger partial charge in [-0.25, -0.2) is 0 Å². The highest BCUT2D eigenvalue weighted by Gasteiger charge is 1.94. The van der Waals surface area contributed by atoms with Crippen molar-refractivity contribution in [2.45, 2.75) is 19.4 Å². The summed E-state index contributed by atoms with van der Waals surface area (Å²) in [7, 11) is 1.93. The molecule has 1 heterocycles. The third kappa shape index (κ3) is 4.29. The average Bonchev–Trinajstić information content (AvgIpc) is 2.51. The first kappa shape index (κ1) is 10.5. The lowest BCUT2D eigenvalue weighted by molar-refractivity contribution is 0.642. The lowest BCUT2D eigenvalue weighted by atomic mass is 10.3. The first-order chi connectivity index (χ1) is 6.33. The van der Waals surface area contributed by atoms with Crippen molar-refractivity contribution in [2.75, 3.05) is 12.4 Å². The molecular formula is C9H16ClN3. The van der Waals surface area contributed by atoms with Crippen LogP contribution < -0.4 is 5.32 Å². The summed E-state index contributed by atoms with van der Waals surface area (Å²) in [6, 6.07) is 0. The number of hydrogen-bond acceptors (Lipinski definition) is 2.